The molecule has 0 fully saturated rings. The molecule has 0 spiro atoms. The summed E-state index contributed by atoms with van der Waals surface area (Å²) in [6, 6.07) is 0. The van der Waals surface area contributed by atoms with E-state index >= 15 is 0 Å². The van der Waals surface area contributed by atoms with Gasteiger partial charge in [-0.2, -0.15) is 12.6 Å². The first-order valence-corrected chi connectivity index (χ1v) is 3.68. The molecule has 1 atom stereocenters. The Kier molecular flexibility index (Phi) is 4.89. The first-order valence-electron chi connectivity index (χ1n) is 3.05. The van der Waals surface area contributed by atoms with Crippen LogP contribution < -0.4 is 0 Å². The molecule has 0 amide bonds. The summed E-state index contributed by atoms with van der Waals surface area (Å²) >= 11 is 3.67. The lowest BCUT2D eigenvalue weighted by Gasteiger charge is -2.03. The minimum atomic E-state index is -1.18. The molecule has 0 aliphatic rings. The highest BCUT2D eigenvalue weighted by Gasteiger charge is 2.11. The zero-order valence-corrected chi connectivity index (χ0v) is 7.01. The molecule has 0 saturated heterocycles. The molecular formula is C6H10O4S. The van der Waals surface area contributed by atoms with Gasteiger partial charge >= 0.3 is 5.97 Å². The Hall–Kier alpha value is -0.550. The smallest absolute Gasteiger partial charge is 0.335 e. The van der Waals surface area contributed by atoms with Gasteiger partial charge in [-0.1, -0.05) is 0 Å². The zero-order chi connectivity index (χ0) is 8.85. The lowest BCUT2D eigenvalue weighted by Crippen LogP contribution is -2.23. The van der Waals surface area contributed by atoms with Gasteiger partial charge in [-0.15, -0.1) is 0 Å². The molecule has 0 heterocycles. The van der Waals surface area contributed by atoms with Crippen molar-refractivity contribution in [3.8, 4) is 0 Å². The van der Waals surface area contributed by atoms with Crippen LogP contribution in [-0.2, 0) is 14.3 Å². The van der Waals surface area contributed by atoms with Crippen molar-refractivity contribution in [2.24, 2.45) is 0 Å². The van der Waals surface area contributed by atoms with E-state index in [2.05, 4.69) is 17.4 Å². The number of hydrogen-bond acceptors (Lipinski definition) is 5. The van der Waals surface area contributed by atoms with Gasteiger partial charge in [-0.05, 0) is 6.92 Å². The molecule has 1 unspecified atom stereocenters. The summed E-state index contributed by atoms with van der Waals surface area (Å²) in [5.74, 6) is -1.05. The van der Waals surface area contributed by atoms with Crippen LogP contribution in [0.15, 0.2) is 0 Å². The second kappa shape index (κ2) is 5.15. The molecule has 5 heteroatoms. The van der Waals surface area contributed by atoms with Crippen molar-refractivity contribution in [1.82, 2.24) is 0 Å². The van der Waals surface area contributed by atoms with Crippen molar-refractivity contribution >= 4 is 24.4 Å². The molecule has 0 aromatic heterocycles. The van der Waals surface area contributed by atoms with E-state index in [1.54, 1.807) is 0 Å². The van der Waals surface area contributed by atoms with Gasteiger partial charge in [0.05, 0.1) is 5.75 Å². The fraction of sp³-hybridized carbons (Fsp3) is 0.667. The molecular weight excluding hydrogens is 168 g/mol. The van der Waals surface area contributed by atoms with E-state index in [9.17, 15) is 9.59 Å². The van der Waals surface area contributed by atoms with E-state index in [4.69, 9.17) is 5.11 Å². The highest BCUT2D eigenvalue weighted by atomic mass is 32.1. The summed E-state index contributed by atoms with van der Waals surface area (Å²) in [5.41, 5.74) is 0. The number of ketones is 1. The van der Waals surface area contributed by atoms with Crippen LogP contribution in [-0.4, -0.2) is 35.3 Å². The molecule has 0 aliphatic carbocycles. The Labute approximate surface area is 69.9 Å². The standard InChI is InChI=1S/C6H10O4S/c1-4(7)6(9)10-2-5(8)3-11/h4,7,11H,2-3H2,1H3. The largest absolute Gasteiger partial charge is 0.456 e. The summed E-state index contributed by atoms with van der Waals surface area (Å²) in [6.07, 6.45) is -1.18. The summed E-state index contributed by atoms with van der Waals surface area (Å²) in [5, 5.41) is 8.60. The highest BCUT2D eigenvalue weighted by Crippen LogP contribution is 1.87. The molecule has 11 heavy (non-hydrogen) atoms. The van der Waals surface area contributed by atoms with Gasteiger partial charge in [0.1, 0.15) is 6.10 Å². The van der Waals surface area contributed by atoms with E-state index in [0.29, 0.717) is 0 Å². The van der Waals surface area contributed by atoms with Crippen LogP contribution in [0.2, 0.25) is 0 Å². The number of aliphatic hydroxyl groups is 1. The first kappa shape index (κ1) is 10.4. The fourth-order valence-corrected chi connectivity index (χ4v) is 0.409. The summed E-state index contributed by atoms with van der Waals surface area (Å²) < 4.78 is 4.37. The Bertz CT molecular complexity index is 155. The molecule has 0 aromatic carbocycles. The summed E-state index contributed by atoms with van der Waals surface area (Å²) in [6.45, 7) is 0.959. The maximum atomic E-state index is 10.5. The van der Waals surface area contributed by atoms with Gasteiger partial charge in [0, 0.05) is 0 Å². The molecule has 0 aliphatic heterocycles. The maximum Gasteiger partial charge on any atom is 0.335 e. The third-order valence-corrected chi connectivity index (χ3v) is 1.25. The average Bonchev–Trinajstić information content (AvgIpc) is 1.99. The number of carbonyl (C=O) groups excluding carboxylic acids is 2. The number of thiol groups is 1. The van der Waals surface area contributed by atoms with Gasteiger partial charge < -0.3 is 9.84 Å². The third kappa shape index (κ3) is 4.80. The van der Waals surface area contributed by atoms with Crippen LogP contribution in [0.5, 0.6) is 0 Å². The van der Waals surface area contributed by atoms with Gasteiger partial charge in [-0.3, -0.25) is 4.79 Å². The number of Topliss-reactive ketones (excluding diaryl/α,β-unsaturated/α-hetero) is 1. The van der Waals surface area contributed by atoms with Crippen LogP contribution in [0, 0.1) is 0 Å². The molecule has 1 N–H and O–H groups in total. The Morgan fingerprint density at radius 1 is 1.64 bits per heavy atom. The van der Waals surface area contributed by atoms with E-state index < -0.39 is 12.1 Å². The van der Waals surface area contributed by atoms with Gasteiger partial charge in [-0.25, -0.2) is 4.79 Å². The van der Waals surface area contributed by atoms with E-state index in [0.717, 1.165) is 0 Å². The van der Waals surface area contributed by atoms with Crippen molar-refractivity contribution in [3.63, 3.8) is 0 Å². The average molecular weight is 178 g/mol. The second-order valence-corrected chi connectivity index (χ2v) is 2.30. The van der Waals surface area contributed by atoms with Crippen LogP contribution in [0.25, 0.3) is 0 Å². The van der Waals surface area contributed by atoms with E-state index in [1.807, 2.05) is 0 Å². The topological polar surface area (TPSA) is 63.6 Å². The van der Waals surface area contributed by atoms with Crippen LogP contribution in [0.4, 0.5) is 0 Å². The molecule has 0 aromatic rings. The van der Waals surface area contributed by atoms with E-state index in [-0.39, 0.29) is 18.1 Å². The fourth-order valence-electron chi connectivity index (χ4n) is 0.318. The SMILES string of the molecule is CC(O)C(=O)OCC(=O)CS. The minimum absolute atomic E-state index is 0.0348. The number of esters is 1. The van der Waals surface area contributed by atoms with Crippen LogP contribution in [0.1, 0.15) is 6.92 Å². The van der Waals surface area contributed by atoms with E-state index in [1.165, 1.54) is 6.92 Å². The zero-order valence-electron chi connectivity index (χ0n) is 6.11. The highest BCUT2D eigenvalue weighted by molar-refractivity contribution is 7.81. The first-order chi connectivity index (χ1) is 5.07. The quantitative estimate of drug-likeness (QED) is 0.446. The number of ether oxygens (including phenoxy) is 1. The second-order valence-electron chi connectivity index (χ2n) is 1.98. The Morgan fingerprint density at radius 3 is 2.55 bits per heavy atom. The monoisotopic (exact) mass is 178 g/mol. The molecule has 4 nitrogen and oxygen atoms in total. The lowest BCUT2D eigenvalue weighted by atomic mass is 10.4. The molecule has 0 rings (SSSR count). The minimum Gasteiger partial charge on any atom is -0.456 e. The third-order valence-electron chi connectivity index (χ3n) is 0.893. The Morgan fingerprint density at radius 2 is 2.18 bits per heavy atom. The van der Waals surface area contributed by atoms with Crippen LogP contribution >= 0.6 is 12.6 Å². The van der Waals surface area contributed by atoms with Crippen molar-refractivity contribution in [3.05, 3.63) is 0 Å². The van der Waals surface area contributed by atoms with Crippen molar-refractivity contribution in [1.29, 1.82) is 0 Å². The summed E-state index contributed by atoms with van der Waals surface area (Å²) in [7, 11) is 0. The van der Waals surface area contributed by atoms with Gasteiger partial charge in [0.15, 0.2) is 12.4 Å². The van der Waals surface area contributed by atoms with Gasteiger partial charge in [0.25, 0.3) is 0 Å². The number of carbonyl (C=O) groups is 2. The molecule has 64 valence electrons. The lowest BCUT2D eigenvalue weighted by molar-refractivity contribution is -0.155. The van der Waals surface area contributed by atoms with Crippen molar-refractivity contribution in [2.45, 2.75) is 13.0 Å². The molecule has 0 bridgehead atoms. The number of aliphatic hydroxyl groups excluding tert-OH is 1. The van der Waals surface area contributed by atoms with Crippen LogP contribution in [0.3, 0.4) is 0 Å². The molecule has 0 saturated carbocycles. The predicted molar refractivity (Wildman–Crippen MR) is 41.5 cm³/mol. The maximum absolute atomic E-state index is 10.5. The van der Waals surface area contributed by atoms with Crippen molar-refractivity contribution < 1.29 is 19.4 Å². The predicted octanol–water partition coefficient (Wildman–Crippen LogP) is -0.591. The van der Waals surface area contributed by atoms with Crippen molar-refractivity contribution in [2.75, 3.05) is 12.4 Å². The summed E-state index contributed by atoms with van der Waals surface area (Å²) in [4.78, 5) is 21.0. The Balaban J connectivity index is 3.54. The number of hydrogen-bond donors (Lipinski definition) is 2. The number of rotatable bonds is 4. The normalized spacial score (nSPS) is 12.3. The van der Waals surface area contributed by atoms with Gasteiger partial charge in [0.2, 0.25) is 0 Å². The molecule has 0 radical (unpaired) electrons.